The van der Waals surface area contributed by atoms with Crippen LogP contribution in [-0.2, 0) is 0 Å². The van der Waals surface area contributed by atoms with E-state index in [2.05, 4.69) is 46.5 Å². The number of hydrogen-bond donors (Lipinski definition) is 1. The van der Waals surface area contributed by atoms with Gasteiger partial charge in [0.15, 0.2) is 0 Å². The van der Waals surface area contributed by atoms with Gasteiger partial charge in [0.25, 0.3) is 0 Å². The van der Waals surface area contributed by atoms with Gasteiger partial charge in [0.1, 0.15) is 10.8 Å². The molecule has 3 nitrogen and oxygen atoms in total. The van der Waals surface area contributed by atoms with E-state index in [1.54, 1.807) is 0 Å². The molecule has 1 aromatic heterocycles. The van der Waals surface area contributed by atoms with Crippen LogP contribution >= 0.6 is 23.2 Å². The first-order valence-corrected chi connectivity index (χ1v) is 6.89. The SMILES string of the molecule is CC(CCNc1nc(Cl)ncc1Cl)c1ccccc1. The number of benzene rings is 1. The molecule has 5 heteroatoms. The summed E-state index contributed by atoms with van der Waals surface area (Å²) in [6, 6.07) is 10.4. The number of halogens is 2. The van der Waals surface area contributed by atoms with Crippen LogP contribution in [0.15, 0.2) is 36.5 Å². The first-order valence-electron chi connectivity index (χ1n) is 6.13. The molecule has 100 valence electrons. The van der Waals surface area contributed by atoms with Crippen LogP contribution < -0.4 is 5.32 Å². The molecule has 0 aliphatic carbocycles. The van der Waals surface area contributed by atoms with Crippen molar-refractivity contribution in [2.45, 2.75) is 19.3 Å². The van der Waals surface area contributed by atoms with E-state index in [9.17, 15) is 0 Å². The van der Waals surface area contributed by atoms with Crippen molar-refractivity contribution < 1.29 is 0 Å². The lowest BCUT2D eigenvalue weighted by Gasteiger charge is -2.13. The predicted octanol–water partition coefficient (Wildman–Crippen LogP) is 4.39. The van der Waals surface area contributed by atoms with Crippen molar-refractivity contribution in [3.63, 3.8) is 0 Å². The Kier molecular flexibility index (Phi) is 5.00. The molecule has 0 saturated carbocycles. The van der Waals surface area contributed by atoms with Gasteiger partial charge in [-0.1, -0.05) is 48.9 Å². The van der Waals surface area contributed by atoms with Gasteiger partial charge in [-0.25, -0.2) is 4.98 Å². The molecule has 0 saturated heterocycles. The topological polar surface area (TPSA) is 37.8 Å². The van der Waals surface area contributed by atoms with Crippen LogP contribution in [0.25, 0.3) is 0 Å². The molecule has 2 aromatic rings. The standard InChI is InChI=1S/C14H15Cl2N3/c1-10(11-5-3-2-4-6-11)7-8-17-13-12(15)9-18-14(16)19-13/h2-6,9-10H,7-8H2,1H3,(H,17,18,19). The number of hydrogen-bond acceptors (Lipinski definition) is 3. The number of aromatic nitrogens is 2. The summed E-state index contributed by atoms with van der Waals surface area (Å²) in [5.41, 5.74) is 1.33. The summed E-state index contributed by atoms with van der Waals surface area (Å²) in [4.78, 5) is 7.87. The fraction of sp³-hybridized carbons (Fsp3) is 0.286. The maximum absolute atomic E-state index is 5.98. The second kappa shape index (κ2) is 6.73. The number of nitrogens with one attached hydrogen (secondary N) is 1. The fourth-order valence-electron chi connectivity index (χ4n) is 1.82. The highest BCUT2D eigenvalue weighted by Crippen LogP contribution is 2.21. The van der Waals surface area contributed by atoms with Gasteiger partial charge in [0, 0.05) is 6.54 Å². The Morgan fingerprint density at radius 2 is 1.95 bits per heavy atom. The highest BCUT2D eigenvalue weighted by atomic mass is 35.5. The molecule has 0 amide bonds. The monoisotopic (exact) mass is 295 g/mol. The van der Waals surface area contributed by atoms with E-state index in [4.69, 9.17) is 23.2 Å². The number of rotatable bonds is 5. The van der Waals surface area contributed by atoms with Gasteiger partial charge < -0.3 is 5.32 Å². The lowest BCUT2D eigenvalue weighted by atomic mass is 9.98. The summed E-state index contributed by atoms with van der Waals surface area (Å²) >= 11 is 11.7. The normalized spacial score (nSPS) is 12.2. The average molecular weight is 296 g/mol. The molecule has 1 heterocycles. The largest absolute Gasteiger partial charge is 0.369 e. The predicted molar refractivity (Wildman–Crippen MR) is 80.0 cm³/mol. The van der Waals surface area contributed by atoms with Crippen LogP contribution in [0.2, 0.25) is 10.3 Å². The molecule has 0 radical (unpaired) electrons. The molecule has 0 spiro atoms. The minimum atomic E-state index is 0.197. The van der Waals surface area contributed by atoms with E-state index in [1.165, 1.54) is 11.8 Å². The Hall–Kier alpha value is -1.32. The highest BCUT2D eigenvalue weighted by Gasteiger charge is 2.07. The van der Waals surface area contributed by atoms with Crippen molar-refractivity contribution in [3.8, 4) is 0 Å². The van der Waals surface area contributed by atoms with Crippen molar-refractivity contribution in [1.82, 2.24) is 9.97 Å². The van der Waals surface area contributed by atoms with Crippen molar-refractivity contribution in [2.24, 2.45) is 0 Å². The van der Waals surface area contributed by atoms with Gasteiger partial charge in [0.2, 0.25) is 5.28 Å². The molecular weight excluding hydrogens is 281 g/mol. The van der Waals surface area contributed by atoms with Gasteiger partial charge >= 0.3 is 0 Å². The summed E-state index contributed by atoms with van der Waals surface area (Å²) in [5, 5.41) is 3.87. The maximum atomic E-state index is 5.98. The third-order valence-electron chi connectivity index (χ3n) is 2.95. The van der Waals surface area contributed by atoms with Crippen LogP contribution in [0.1, 0.15) is 24.8 Å². The third-order valence-corrected chi connectivity index (χ3v) is 3.41. The van der Waals surface area contributed by atoms with Crippen molar-refractivity contribution in [2.75, 3.05) is 11.9 Å². The van der Waals surface area contributed by atoms with Gasteiger partial charge in [0.05, 0.1) is 6.20 Å². The van der Waals surface area contributed by atoms with Crippen molar-refractivity contribution >= 4 is 29.0 Å². The Morgan fingerprint density at radius 3 is 2.68 bits per heavy atom. The summed E-state index contributed by atoms with van der Waals surface area (Å²) in [5.74, 6) is 1.06. The van der Waals surface area contributed by atoms with Crippen molar-refractivity contribution in [1.29, 1.82) is 0 Å². The van der Waals surface area contributed by atoms with Crippen LogP contribution in [0.4, 0.5) is 5.82 Å². The van der Waals surface area contributed by atoms with Gasteiger partial charge in [-0.15, -0.1) is 0 Å². The van der Waals surface area contributed by atoms with E-state index in [0.717, 1.165) is 13.0 Å². The Bertz CT molecular complexity index is 531. The highest BCUT2D eigenvalue weighted by molar-refractivity contribution is 6.33. The van der Waals surface area contributed by atoms with E-state index >= 15 is 0 Å². The molecule has 2 rings (SSSR count). The molecule has 0 aliphatic heterocycles. The first kappa shape index (κ1) is 14.1. The fourth-order valence-corrected chi connectivity index (χ4v) is 2.12. The summed E-state index contributed by atoms with van der Waals surface area (Å²) in [6.45, 7) is 2.98. The smallest absolute Gasteiger partial charge is 0.224 e. The number of nitrogens with zero attached hydrogens (tertiary/aromatic N) is 2. The van der Waals surface area contributed by atoms with Gasteiger partial charge in [-0.05, 0) is 29.5 Å². The lowest BCUT2D eigenvalue weighted by Crippen LogP contribution is -2.08. The zero-order chi connectivity index (χ0) is 13.7. The van der Waals surface area contributed by atoms with Crippen LogP contribution in [0.3, 0.4) is 0 Å². The molecule has 0 fully saturated rings. The molecule has 0 bridgehead atoms. The summed E-state index contributed by atoms with van der Waals surface area (Å²) < 4.78 is 0. The van der Waals surface area contributed by atoms with E-state index < -0.39 is 0 Å². The zero-order valence-electron chi connectivity index (χ0n) is 10.6. The molecular formula is C14H15Cl2N3. The quantitative estimate of drug-likeness (QED) is 0.832. The van der Waals surface area contributed by atoms with Gasteiger partial charge in [-0.2, -0.15) is 4.98 Å². The minimum Gasteiger partial charge on any atom is -0.369 e. The minimum absolute atomic E-state index is 0.197. The lowest BCUT2D eigenvalue weighted by molar-refractivity contribution is 0.704. The number of anilines is 1. The van der Waals surface area contributed by atoms with Crippen LogP contribution in [0, 0.1) is 0 Å². The average Bonchev–Trinajstić information content (AvgIpc) is 2.43. The zero-order valence-corrected chi connectivity index (χ0v) is 12.1. The Balaban J connectivity index is 1.88. The van der Waals surface area contributed by atoms with E-state index in [0.29, 0.717) is 16.8 Å². The summed E-state index contributed by atoms with van der Waals surface area (Å²) in [7, 11) is 0. The third kappa shape index (κ3) is 4.08. The summed E-state index contributed by atoms with van der Waals surface area (Å²) in [6.07, 6.45) is 2.49. The molecule has 1 unspecified atom stereocenters. The maximum Gasteiger partial charge on any atom is 0.224 e. The molecule has 1 aromatic carbocycles. The second-order valence-corrected chi connectivity index (χ2v) is 5.11. The second-order valence-electron chi connectivity index (χ2n) is 4.36. The van der Waals surface area contributed by atoms with Crippen LogP contribution in [0.5, 0.6) is 0 Å². The Morgan fingerprint density at radius 1 is 1.21 bits per heavy atom. The molecule has 19 heavy (non-hydrogen) atoms. The van der Waals surface area contributed by atoms with E-state index in [1.807, 2.05) is 6.07 Å². The first-order chi connectivity index (χ1) is 9.16. The molecule has 1 atom stereocenters. The molecule has 0 aliphatic rings. The van der Waals surface area contributed by atoms with E-state index in [-0.39, 0.29) is 5.28 Å². The molecule has 1 N–H and O–H groups in total. The van der Waals surface area contributed by atoms with Crippen molar-refractivity contribution in [3.05, 3.63) is 52.4 Å². The Labute approximate surface area is 123 Å². The van der Waals surface area contributed by atoms with Gasteiger partial charge in [-0.3, -0.25) is 0 Å². The van der Waals surface area contributed by atoms with Crippen LogP contribution in [-0.4, -0.2) is 16.5 Å².